The van der Waals surface area contributed by atoms with Crippen molar-refractivity contribution in [2.45, 2.75) is 19.8 Å². The first-order chi connectivity index (χ1) is 9.15. The van der Waals surface area contributed by atoms with Crippen molar-refractivity contribution in [2.24, 2.45) is 0 Å². The summed E-state index contributed by atoms with van der Waals surface area (Å²) >= 11 is 0. The zero-order valence-electron chi connectivity index (χ0n) is 11.6. The second-order valence-corrected chi connectivity index (χ2v) is 5.19. The third-order valence-corrected chi connectivity index (χ3v) is 3.74. The van der Waals surface area contributed by atoms with Gasteiger partial charge < -0.3 is 10.6 Å². The van der Waals surface area contributed by atoms with Gasteiger partial charge in [-0.25, -0.2) is 0 Å². The summed E-state index contributed by atoms with van der Waals surface area (Å²) in [4.78, 5) is 15.6. The molecule has 2 rings (SSSR count). The highest BCUT2D eigenvalue weighted by Gasteiger charge is 2.17. The van der Waals surface area contributed by atoms with E-state index in [-0.39, 0.29) is 5.91 Å². The van der Waals surface area contributed by atoms with Crippen molar-refractivity contribution in [3.8, 4) is 0 Å². The van der Waals surface area contributed by atoms with Gasteiger partial charge in [-0.3, -0.25) is 9.69 Å². The highest BCUT2D eigenvalue weighted by molar-refractivity contribution is 5.73. The van der Waals surface area contributed by atoms with Crippen LogP contribution in [0.1, 0.15) is 18.9 Å². The monoisotopic (exact) mass is 261 g/mol. The molecule has 0 radical (unpaired) electrons. The van der Waals surface area contributed by atoms with Crippen LogP contribution in [0, 0.1) is 0 Å². The number of carbonyl (C=O) groups is 1. The lowest BCUT2D eigenvalue weighted by Gasteiger charge is -2.34. The molecule has 0 spiro atoms. The maximum absolute atomic E-state index is 11.2. The molecule has 1 heterocycles. The fourth-order valence-corrected chi connectivity index (χ4v) is 2.48. The second kappa shape index (κ2) is 6.57. The third kappa shape index (κ3) is 4.24. The van der Waals surface area contributed by atoms with Gasteiger partial charge in [-0.2, -0.15) is 0 Å². The molecule has 0 unspecified atom stereocenters. The van der Waals surface area contributed by atoms with Crippen LogP contribution in [0.25, 0.3) is 0 Å². The van der Waals surface area contributed by atoms with Crippen molar-refractivity contribution in [1.29, 1.82) is 0 Å². The minimum Gasteiger partial charge on any atom is -0.399 e. The normalized spacial score (nSPS) is 16.6. The predicted octanol–water partition coefficient (Wildman–Crippen LogP) is 1.37. The van der Waals surface area contributed by atoms with E-state index >= 15 is 0 Å². The van der Waals surface area contributed by atoms with Gasteiger partial charge in [0.1, 0.15) is 0 Å². The lowest BCUT2D eigenvalue weighted by atomic mass is 10.1. The van der Waals surface area contributed by atoms with Crippen molar-refractivity contribution in [1.82, 2.24) is 9.80 Å². The maximum Gasteiger partial charge on any atom is 0.219 e. The first-order valence-corrected chi connectivity index (χ1v) is 6.97. The lowest BCUT2D eigenvalue weighted by molar-refractivity contribution is -0.130. The summed E-state index contributed by atoms with van der Waals surface area (Å²) in [6.45, 7) is 6.50. The number of nitrogens with zero attached hydrogens (tertiary/aromatic N) is 2. The summed E-state index contributed by atoms with van der Waals surface area (Å²) in [5, 5.41) is 0. The van der Waals surface area contributed by atoms with Crippen LogP contribution >= 0.6 is 0 Å². The van der Waals surface area contributed by atoms with Gasteiger partial charge in [0, 0.05) is 38.8 Å². The Bertz CT molecular complexity index is 408. The van der Waals surface area contributed by atoms with Crippen molar-refractivity contribution in [3.63, 3.8) is 0 Å². The Labute approximate surface area is 115 Å². The van der Waals surface area contributed by atoms with Gasteiger partial charge in [-0.1, -0.05) is 12.1 Å². The molecule has 1 saturated heterocycles. The quantitative estimate of drug-likeness (QED) is 0.833. The average Bonchev–Trinajstić information content (AvgIpc) is 2.41. The summed E-state index contributed by atoms with van der Waals surface area (Å²) in [6.07, 6.45) is 2.25. The van der Waals surface area contributed by atoms with Crippen LogP contribution in [0.5, 0.6) is 0 Å². The van der Waals surface area contributed by atoms with Gasteiger partial charge in [0.15, 0.2) is 0 Å². The minimum atomic E-state index is 0.196. The van der Waals surface area contributed by atoms with Crippen molar-refractivity contribution < 1.29 is 4.79 Å². The Morgan fingerprint density at radius 2 is 1.79 bits per heavy atom. The number of hydrogen-bond acceptors (Lipinski definition) is 3. The Kier molecular flexibility index (Phi) is 4.80. The van der Waals surface area contributed by atoms with E-state index in [2.05, 4.69) is 17.0 Å². The topological polar surface area (TPSA) is 49.6 Å². The molecular weight excluding hydrogens is 238 g/mol. The van der Waals surface area contributed by atoms with E-state index in [1.165, 1.54) is 5.56 Å². The molecular formula is C15H23N3O. The number of aryl methyl sites for hydroxylation is 1. The minimum absolute atomic E-state index is 0.196. The molecule has 2 N–H and O–H groups in total. The van der Waals surface area contributed by atoms with Crippen molar-refractivity contribution >= 4 is 11.6 Å². The molecule has 0 aromatic heterocycles. The molecule has 1 amide bonds. The number of hydrogen-bond donors (Lipinski definition) is 1. The Hall–Kier alpha value is -1.55. The molecule has 1 aliphatic heterocycles. The number of amides is 1. The molecule has 0 atom stereocenters. The van der Waals surface area contributed by atoms with E-state index in [1.807, 2.05) is 17.0 Å². The molecule has 0 saturated carbocycles. The number of carbonyl (C=O) groups excluding carboxylic acids is 1. The van der Waals surface area contributed by atoms with Crippen LogP contribution in [-0.4, -0.2) is 48.4 Å². The van der Waals surface area contributed by atoms with Crippen LogP contribution in [0.2, 0.25) is 0 Å². The van der Waals surface area contributed by atoms with Gasteiger partial charge in [0.2, 0.25) is 5.91 Å². The number of anilines is 1. The Morgan fingerprint density at radius 1 is 1.16 bits per heavy atom. The molecule has 4 nitrogen and oxygen atoms in total. The van der Waals surface area contributed by atoms with E-state index in [4.69, 9.17) is 5.73 Å². The molecule has 19 heavy (non-hydrogen) atoms. The van der Waals surface area contributed by atoms with E-state index in [0.29, 0.717) is 0 Å². The Balaban J connectivity index is 1.67. The third-order valence-electron chi connectivity index (χ3n) is 3.74. The van der Waals surface area contributed by atoms with Crippen LogP contribution in [0.3, 0.4) is 0 Å². The largest absolute Gasteiger partial charge is 0.399 e. The second-order valence-electron chi connectivity index (χ2n) is 5.19. The molecule has 0 aliphatic carbocycles. The van der Waals surface area contributed by atoms with Crippen LogP contribution in [0.15, 0.2) is 24.3 Å². The van der Waals surface area contributed by atoms with Gasteiger partial charge in [-0.15, -0.1) is 0 Å². The summed E-state index contributed by atoms with van der Waals surface area (Å²) < 4.78 is 0. The average molecular weight is 261 g/mol. The van der Waals surface area contributed by atoms with E-state index in [9.17, 15) is 4.79 Å². The first-order valence-electron chi connectivity index (χ1n) is 6.97. The van der Waals surface area contributed by atoms with Gasteiger partial charge >= 0.3 is 0 Å². The lowest BCUT2D eigenvalue weighted by Crippen LogP contribution is -2.48. The fourth-order valence-electron chi connectivity index (χ4n) is 2.48. The first kappa shape index (κ1) is 13.9. The molecule has 0 bridgehead atoms. The summed E-state index contributed by atoms with van der Waals surface area (Å²) in [6, 6.07) is 8.12. The highest BCUT2D eigenvalue weighted by Crippen LogP contribution is 2.09. The van der Waals surface area contributed by atoms with Gasteiger partial charge in [0.05, 0.1) is 0 Å². The molecule has 1 aromatic carbocycles. The van der Waals surface area contributed by atoms with E-state index in [1.54, 1.807) is 6.92 Å². The molecule has 1 fully saturated rings. The van der Waals surface area contributed by atoms with Crippen LogP contribution < -0.4 is 5.73 Å². The van der Waals surface area contributed by atoms with Crippen LogP contribution in [-0.2, 0) is 11.2 Å². The summed E-state index contributed by atoms with van der Waals surface area (Å²) in [5.41, 5.74) is 7.84. The van der Waals surface area contributed by atoms with E-state index < -0.39 is 0 Å². The number of benzene rings is 1. The zero-order valence-corrected chi connectivity index (χ0v) is 11.6. The van der Waals surface area contributed by atoms with Gasteiger partial charge in [0.25, 0.3) is 0 Å². The molecule has 104 valence electrons. The number of rotatable bonds is 4. The molecule has 1 aromatic rings. The standard InChI is InChI=1S/C15H23N3O/c1-13(19)18-11-9-17(10-12-18)8-2-3-14-4-6-15(16)7-5-14/h4-7H,2-3,8-12,16H2,1H3. The van der Waals surface area contributed by atoms with Crippen molar-refractivity contribution in [2.75, 3.05) is 38.5 Å². The van der Waals surface area contributed by atoms with Gasteiger partial charge in [-0.05, 0) is 37.1 Å². The fraction of sp³-hybridized carbons (Fsp3) is 0.533. The maximum atomic E-state index is 11.2. The number of nitrogens with two attached hydrogens (primary N) is 1. The predicted molar refractivity (Wildman–Crippen MR) is 77.9 cm³/mol. The van der Waals surface area contributed by atoms with Crippen molar-refractivity contribution in [3.05, 3.63) is 29.8 Å². The molecule has 1 aliphatic rings. The smallest absolute Gasteiger partial charge is 0.219 e. The zero-order chi connectivity index (χ0) is 13.7. The molecule has 4 heteroatoms. The number of piperazine rings is 1. The summed E-state index contributed by atoms with van der Waals surface area (Å²) in [7, 11) is 0. The van der Waals surface area contributed by atoms with E-state index in [0.717, 1.165) is 51.3 Å². The number of nitrogen functional groups attached to an aromatic ring is 1. The van der Waals surface area contributed by atoms with Crippen LogP contribution in [0.4, 0.5) is 5.69 Å². The SMILES string of the molecule is CC(=O)N1CCN(CCCc2ccc(N)cc2)CC1. The summed E-state index contributed by atoms with van der Waals surface area (Å²) in [5.74, 6) is 0.196. The Morgan fingerprint density at radius 3 is 2.37 bits per heavy atom. The highest BCUT2D eigenvalue weighted by atomic mass is 16.2.